The summed E-state index contributed by atoms with van der Waals surface area (Å²) >= 11 is 0. The van der Waals surface area contributed by atoms with Crippen LogP contribution in [0.25, 0.3) is 0 Å². The third-order valence-electron chi connectivity index (χ3n) is 2.08. The average Bonchev–Trinajstić information content (AvgIpc) is 2.17. The molecule has 8 N–H and O–H groups in total. The molecule has 0 unspecified atom stereocenters. The van der Waals surface area contributed by atoms with Gasteiger partial charge in [-0.3, -0.25) is 0 Å². The molecular formula is C6H15K2O11P. The van der Waals surface area contributed by atoms with Crippen LogP contribution in [0.4, 0.5) is 0 Å². The second-order valence-corrected chi connectivity index (χ2v) is 4.36. The van der Waals surface area contributed by atoms with Gasteiger partial charge >= 0.3 is 103 Å². The Morgan fingerprint density at radius 2 is 1.50 bits per heavy atom. The van der Waals surface area contributed by atoms with Crippen LogP contribution in [-0.4, -0.2) is 68.7 Å². The van der Waals surface area contributed by atoms with Crippen LogP contribution in [0.5, 0.6) is 0 Å². The van der Waals surface area contributed by atoms with E-state index in [9.17, 15) is 29.7 Å². The largest absolute Gasteiger partial charge is 1.00 e. The van der Waals surface area contributed by atoms with Gasteiger partial charge in [-0.25, -0.2) is 0 Å². The zero-order valence-electron chi connectivity index (χ0n) is 10.9. The molecule has 1 aliphatic heterocycles. The number of aliphatic hydroxyl groups is 4. The molecule has 1 fully saturated rings. The van der Waals surface area contributed by atoms with Gasteiger partial charge in [0, 0.05) is 0 Å². The number of aliphatic hydroxyl groups excluding tert-OH is 4. The normalized spacial score (nSPS) is 32.8. The molecule has 20 heavy (non-hydrogen) atoms. The first kappa shape index (κ1) is 30.9. The Balaban J connectivity index is -0.000000320. The maximum atomic E-state index is 10.3. The van der Waals surface area contributed by atoms with Crippen molar-refractivity contribution in [3.05, 3.63) is 0 Å². The molecule has 1 rings (SSSR count). The average molecular weight is 372 g/mol. The minimum absolute atomic E-state index is 0. The number of phosphoric acid groups is 1. The smallest absolute Gasteiger partial charge is 0.790 e. The molecule has 14 heteroatoms. The van der Waals surface area contributed by atoms with Gasteiger partial charge in [-0.05, 0) is 0 Å². The van der Waals surface area contributed by atoms with Crippen molar-refractivity contribution in [1.29, 1.82) is 0 Å². The Labute approximate surface area is 199 Å². The van der Waals surface area contributed by atoms with Gasteiger partial charge in [-0.2, -0.15) is 0 Å². The van der Waals surface area contributed by atoms with Crippen LogP contribution in [0, 0.1) is 0 Å². The second kappa shape index (κ2) is 13.4. The van der Waals surface area contributed by atoms with Crippen molar-refractivity contribution in [3.8, 4) is 0 Å². The van der Waals surface area contributed by atoms with Crippen LogP contribution in [0.2, 0.25) is 0 Å². The van der Waals surface area contributed by atoms with Crippen molar-refractivity contribution in [2.45, 2.75) is 30.7 Å². The van der Waals surface area contributed by atoms with Gasteiger partial charge in [0.25, 0.3) is 0 Å². The molecule has 0 aromatic rings. The molecule has 0 radical (unpaired) electrons. The maximum Gasteiger partial charge on any atom is 1.00 e. The van der Waals surface area contributed by atoms with Crippen LogP contribution in [0.1, 0.15) is 0 Å². The zero-order chi connectivity index (χ0) is 12.5. The number of hydrogen-bond acceptors (Lipinski definition) is 9. The summed E-state index contributed by atoms with van der Waals surface area (Å²) in [6.45, 7) is -0.743. The topological polar surface area (TPSA) is 226 Å². The van der Waals surface area contributed by atoms with E-state index in [0.717, 1.165) is 0 Å². The van der Waals surface area contributed by atoms with Gasteiger partial charge in [0.1, 0.15) is 24.4 Å². The van der Waals surface area contributed by atoms with E-state index >= 15 is 0 Å². The summed E-state index contributed by atoms with van der Waals surface area (Å²) in [6, 6.07) is 0. The van der Waals surface area contributed by atoms with Crippen molar-refractivity contribution < 1.29 is 158 Å². The molecule has 1 heterocycles. The molecular weight excluding hydrogens is 357 g/mol. The standard InChI is InChI=1S/C6H13O9P.2K.2H2O/c7-1-2-3(8)4(9)5(10)6(14-2)15-16(11,12)13;;;;/h2-10H,1H2,(H2,11,12,13);;;2*1H2/q;2*+1;;/p-2/t2-,3-,4+,5+,6-;;;;/m1..../s1. The first-order valence-electron chi connectivity index (χ1n) is 4.27. The van der Waals surface area contributed by atoms with E-state index in [2.05, 4.69) is 9.26 Å². The van der Waals surface area contributed by atoms with E-state index in [-0.39, 0.29) is 114 Å². The summed E-state index contributed by atoms with van der Waals surface area (Å²) in [4.78, 5) is 20.6. The molecule has 0 spiro atoms. The van der Waals surface area contributed by atoms with Gasteiger partial charge in [-0.15, -0.1) is 0 Å². The molecule has 0 aromatic carbocycles. The van der Waals surface area contributed by atoms with Crippen molar-refractivity contribution in [3.63, 3.8) is 0 Å². The number of ether oxygens (including phenoxy) is 1. The molecule has 1 aliphatic rings. The Morgan fingerprint density at radius 1 is 1.05 bits per heavy atom. The van der Waals surface area contributed by atoms with E-state index in [1.54, 1.807) is 0 Å². The summed E-state index contributed by atoms with van der Waals surface area (Å²) in [7, 11) is -5.41. The summed E-state index contributed by atoms with van der Waals surface area (Å²) in [5.41, 5.74) is 0. The zero-order valence-corrected chi connectivity index (χ0v) is 18.0. The van der Waals surface area contributed by atoms with Gasteiger partial charge in [0.15, 0.2) is 6.29 Å². The number of phosphoric ester groups is 1. The Kier molecular flexibility index (Phi) is 20.7. The van der Waals surface area contributed by atoms with Gasteiger partial charge in [-0.1, -0.05) is 0 Å². The molecule has 0 amide bonds. The summed E-state index contributed by atoms with van der Waals surface area (Å²) in [5, 5.41) is 36.5. The monoisotopic (exact) mass is 372 g/mol. The van der Waals surface area contributed by atoms with Crippen LogP contribution < -0.4 is 113 Å². The molecule has 5 atom stereocenters. The van der Waals surface area contributed by atoms with Crippen LogP contribution in [-0.2, 0) is 13.8 Å². The second-order valence-electron chi connectivity index (χ2n) is 3.25. The van der Waals surface area contributed by atoms with Gasteiger partial charge in [0.05, 0.1) is 14.4 Å². The van der Waals surface area contributed by atoms with Crippen molar-refractivity contribution in [1.82, 2.24) is 0 Å². The van der Waals surface area contributed by atoms with Crippen LogP contribution >= 0.6 is 7.82 Å². The molecule has 0 bridgehead atoms. The Morgan fingerprint density at radius 3 is 1.85 bits per heavy atom. The number of hydrogen-bond donors (Lipinski definition) is 4. The molecule has 0 aliphatic carbocycles. The predicted molar refractivity (Wildman–Crippen MR) is 49.7 cm³/mol. The number of rotatable bonds is 3. The molecule has 11 nitrogen and oxygen atoms in total. The molecule has 112 valence electrons. The SMILES string of the molecule is O.O.O=P([O-])([O-])O[C@H]1O[C@H](CO)[C@@H](O)[C@H](O)[C@@H]1O.[K+].[K+]. The van der Waals surface area contributed by atoms with E-state index < -0.39 is 45.1 Å². The van der Waals surface area contributed by atoms with E-state index in [4.69, 9.17) is 5.11 Å². The van der Waals surface area contributed by atoms with Crippen LogP contribution in [0.3, 0.4) is 0 Å². The van der Waals surface area contributed by atoms with E-state index in [1.165, 1.54) is 0 Å². The minimum atomic E-state index is -5.41. The quantitative estimate of drug-likeness (QED) is 0.272. The van der Waals surface area contributed by atoms with E-state index in [1.807, 2.05) is 0 Å². The fraction of sp³-hybridized carbons (Fsp3) is 1.00. The molecule has 0 saturated carbocycles. The fourth-order valence-corrected chi connectivity index (χ4v) is 1.71. The molecule has 0 aromatic heterocycles. The maximum absolute atomic E-state index is 10.3. The first-order chi connectivity index (χ1) is 7.26. The van der Waals surface area contributed by atoms with Gasteiger partial charge < -0.3 is 55.0 Å². The summed E-state index contributed by atoms with van der Waals surface area (Å²) in [5.74, 6) is 0. The third kappa shape index (κ3) is 9.41. The third-order valence-corrected chi connectivity index (χ3v) is 2.55. The minimum Gasteiger partial charge on any atom is -0.790 e. The summed E-state index contributed by atoms with van der Waals surface area (Å²) in [6.07, 6.45) is -8.61. The first-order valence-corrected chi connectivity index (χ1v) is 5.73. The van der Waals surface area contributed by atoms with E-state index in [0.29, 0.717) is 0 Å². The van der Waals surface area contributed by atoms with Gasteiger partial charge in [0.2, 0.25) is 0 Å². The Bertz CT molecular complexity index is 286. The fourth-order valence-electron chi connectivity index (χ4n) is 1.28. The Hall–Kier alpha value is 3.10. The summed E-state index contributed by atoms with van der Waals surface area (Å²) < 4.78 is 18.7. The molecule has 1 saturated heterocycles. The van der Waals surface area contributed by atoms with Crippen molar-refractivity contribution in [2.75, 3.05) is 6.61 Å². The van der Waals surface area contributed by atoms with Crippen molar-refractivity contribution in [2.24, 2.45) is 0 Å². The van der Waals surface area contributed by atoms with Crippen molar-refractivity contribution >= 4 is 7.82 Å². The predicted octanol–water partition coefficient (Wildman–Crippen LogP) is -12.0. The van der Waals surface area contributed by atoms with Crippen LogP contribution in [0.15, 0.2) is 0 Å².